The monoisotopic (exact) mass is 295 g/mol. The minimum Gasteiger partial charge on any atom is -0.268 e. The molecule has 0 radical (unpaired) electrons. The van der Waals surface area contributed by atoms with Gasteiger partial charge in [0.1, 0.15) is 0 Å². The molecule has 0 bridgehead atoms. The molecule has 0 amide bonds. The second-order valence-corrected chi connectivity index (χ2v) is 7.01. The number of nitrogens with one attached hydrogen (secondary N) is 1. The van der Waals surface area contributed by atoms with Crippen LogP contribution in [-0.4, -0.2) is 24.0 Å². The molecule has 0 atom stereocenters. The van der Waals surface area contributed by atoms with Crippen LogP contribution >= 0.6 is 0 Å². The molecule has 110 valence electrons. The van der Waals surface area contributed by atoms with Crippen LogP contribution in [0.3, 0.4) is 0 Å². The summed E-state index contributed by atoms with van der Waals surface area (Å²) >= 11 is 0. The lowest BCUT2D eigenvalue weighted by atomic mass is 10.1. The van der Waals surface area contributed by atoms with E-state index in [0.717, 1.165) is 28.6 Å². The maximum atomic E-state index is 11.8. The van der Waals surface area contributed by atoms with Crippen molar-refractivity contribution in [1.29, 1.82) is 0 Å². The highest BCUT2D eigenvalue weighted by Gasteiger charge is 2.13. The van der Waals surface area contributed by atoms with Crippen molar-refractivity contribution in [2.24, 2.45) is 7.05 Å². The lowest BCUT2D eigenvalue weighted by Gasteiger charge is -2.04. The second kappa shape index (κ2) is 5.93. The van der Waals surface area contributed by atoms with Crippen molar-refractivity contribution in [3.05, 3.63) is 29.5 Å². The molecule has 0 unspecified atom stereocenters. The van der Waals surface area contributed by atoms with Gasteiger partial charge in [-0.2, -0.15) is 5.10 Å². The summed E-state index contributed by atoms with van der Waals surface area (Å²) in [7, 11) is -1.34. The van der Waals surface area contributed by atoms with Gasteiger partial charge >= 0.3 is 0 Å². The number of hydrogen-bond acceptors (Lipinski definition) is 3. The minimum atomic E-state index is -3.21. The summed E-state index contributed by atoms with van der Waals surface area (Å²) in [5.74, 6) is 0.174. The fraction of sp³-hybridized carbons (Fsp3) is 0.500. The van der Waals surface area contributed by atoms with Crippen LogP contribution in [0.1, 0.15) is 31.0 Å². The molecular weight excluding hydrogens is 274 g/mol. The molecule has 1 heterocycles. The fourth-order valence-electron chi connectivity index (χ4n) is 2.17. The van der Waals surface area contributed by atoms with Gasteiger partial charge in [-0.25, -0.2) is 13.1 Å². The van der Waals surface area contributed by atoms with E-state index in [-0.39, 0.29) is 12.3 Å². The summed E-state index contributed by atoms with van der Waals surface area (Å²) in [5.41, 5.74) is 2.92. The molecular formula is C14H21N3O2S. The topological polar surface area (TPSA) is 64.0 Å². The third kappa shape index (κ3) is 3.37. The molecule has 2 rings (SSSR count). The SMILES string of the molecule is CCCCS(=O)(=O)NCc1nn(C)c2ccc(C)cc12. The molecule has 1 aromatic heterocycles. The molecule has 5 nitrogen and oxygen atoms in total. The van der Waals surface area contributed by atoms with Gasteiger partial charge < -0.3 is 0 Å². The number of rotatable bonds is 6. The Kier molecular flexibility index (Phi) is 4.45. The number of unbranched alkanes of at least 4 members (excludes halogenated alkanes) is 1. The Bertz CT molecular complexity index is 705. The van der Waals surface area contributed by atoms with Crippen molar-refractivity contribution in [3.8, 4) is 0 Å². The van der Waals surface area contributed by atoms with Crippen LogP contribution in [0.15, 0.2) is 18.2 Å². The lowest BCUT2D eigenvalue weighted by Crippen LogP contribution is -2.26. The Morgan fingerprint density at radius 3 is 2.80 bits per heavy atom. The van der Waals surface area contributed by atoms with Gasteiger partial charge in [-0.1, -0.05) is 25.0 Å². The average Bonchev–Trinajstić information content (AvgIpc) is 2.70. The molecule has 0 spiro atoms. The van der Waals surface area contributed by atoms with Crippen molar-refractivity contribution in [3.63, 3.8) is 0 Å². The number of benzene rings is 1. The van der Waals surface area contributed by atoms with Gasteiger partial charge in [0.25, 0.3) is 0 Å². The maximum Gasteiger partial charge on any atom is 0.211 e. The van der Waals surface area contributed by atoms with Crippen molar-refractivity contribution >= 4 is 20.9 Å². The third-order valence-electron chi connectivity index (χ3n) is 3.31. The Morgan fingerprint density at radius 1 is 1.35 bits per heavy atom. The van der Waals surface area contributed by atoms with Gasteiger partial charge in [0.2, 0.25) is 10.0 Å². The Morgan fingerprint density at radius 2 is 2.10 bits per heavy atom. The van der Waals surface area contributed by atoms with Gasteiger partial charge in [-0.05, 0) is 25.5 Å². The van der Waals surface area contributed by atoms with Crippen LogP contribution in [0.4, 0.5) is 0 Å². The maximum absolute atomic E-state index is 11.8. The quantitative estimate of drug-likeness (QED) is 0.887. The molecule has 20 heavy (non-hydrogen) atoms. The highest BCUT2D eigenvalue weighted by atomic mass is 32.2. The Labute approximate surface area is 120 Å². The van der Waals surface area contributed by atoms with Crippen molar-refractivity contribution in [2.75, 3.05) is 5.75 Å². The fourth-order valence-corrected chi connectivity index (χ4v) is 3.34. The molecule has 2 aromatic rings. The van der Waals surface area contributed by atoms with E-state index in [0.29, 0.717) is 6.42 Å². The second-order valence-electron chi connectivity index (χ2n) is 5.08. The number of hydrogen-bond donors (Lipinski definition) is 1. The summed E-state index contributed by atoms with van der Waals surface area (Å²) in [6, 6.07) is 6.07. The zero-order chi connectivity index (χ0) is 14.8. The molecule has 1 N–H and O–H groups in total. The van der Waals surface area contributed by atoms with Gasteiger partial charge in [-0.15, -0.1) is 0 Å². The first kappa shape index (κ1) is 15.0. The molecule has 0 saturated carbocycles. The zero-order valence-corrected chi connectivity index (χ0v) is 13.0. The zero-order valence-electron chi connectivity index (χ0n) is 12.2. The van der Waals surface area contributed by atoms with Crippen LogP contribution in [0.25, 0.3) is 10.9 Å². The Hall–Kier alpha value is -1.40. The largest absolute Gasteiger partial charge is 0.268 e. The Balaban J connectivity index is 2.20. The first-order valence-electron chi connectivity index (χ1n) is 6.82. The van der Waals surface area contributed by atoms with Crippen LogP contribution in [0.5, 0.6) is 0 Å². The summed E-state index contributed by atoms with van der Waals surface area (Å²) in [6.07, 6.45) is 1.55. The molecule has 0 fully saturated rings. The van der Waals surface area contributed by atoms with E-state index >= 15 is 0 Å². The molecule has 6 heteroatoms. The van der Waals surface area contributed by atoms with Crippen LogP contribution < -0.4 is 4.72 Å². The van der Waals surface area contributed by atoms with E-state index < -0.39 is 10.0 Å². The number of fused-ring (bicyclic) bond motifs is 1. The van der Waals surface area contributed by atoms with E-state index in [4.69, 9.17) is 0 Å². The number of sulfonamides is 1. The number of aryl methyl sites for hydroxylation is 2. The smallest absolute Gasteiger partial charge is 0.211 e. The van der Waals surface area contributed by atoms with Crippen LogP contribution in [0, 0.1) is 6.92 Å². The van der Waals surface area contributed by atoms with Crippen LogP contribution in [-0.2, 0) is 23.6 Å². The van der Waals surface area contributed by atoms with Gasteiger partial charge in [0, 0.05) is 12.4 Å². The summed E-state index contributed by atoms with van der Waals surface area (Å²) in [6.45, 7) is 4.24. The average molecular weight is 295 g/mol. The minimum absolute atomic E-state index is 0.174. The highest BCUT2D eigenvalue weighted by molar-refractivity contribution is 7.89. The summed E-state index contributed by atoms with van der Waals surface area (Å²) in [5, 5.41) is 5.41. The first-order valence-corrected chi connectivity index (χ1v) is 8.48. The lowest BCUT2D eigenvalue weighted by molar-refractivity contribution is 0.576. The van der Waals surface area contributed by atoms with E-state index in [1.165, 1.54) is 0 Å². The van der Waals surface area contributed by atoms with Crippen molar-refractivity contribution in [2.45, 2.75) is 33.2 Å². The van der Waals surface area contributed by atoms with E-state index in [2.05, 4.69) is 9.82 Å². The molecule has 0 aliphatic heterocycles. The van der Waals surface area contributed by atoms with Crippen molar-refractivity contribution < 1.29 is 8.42 Å². The van der Waals surface area contributed by atoms with E-state index in [1.54, 1.807) is 4.68 Å². The van der Waals surface area contributed by atoms with E-state index in [9.17, 15) is 8.42 Å². The molecule has 0 aliphatic carbocycles. The van der Waals surface area contributed by atoms with E-state index in [1.807, 2.05) is 39.1 Å². The molecule has 0 saturated heterocycles. The van der Waals surface area contributed by atoms with Gasteiger partial charge in [0.15, 0.2) is 0 Å². The van der Waals surface area contributed by atoms with Crippen molar-refractivity contribution in [1.82, 2.24) is 14.5 Å². The molecule has 1 aromatic carbocycles. The van der Waals surface area contributed by atoms with Gasteiger partial charge in [-0.3, -0.25) is 4.68 Å². The number of nitrogens with zero attached hydrogens (tertiary/aromatic N) is 2. The van der Waals surface area contributed by atoms with Crippen LogP contribution in [0.2, 0.25) is 0 Å². The normalized spacial score (nSPS) is 12.2. The molecule has 0 aliphatic rings. The standard InChI is InChI=1S/C14H21N3O2S/c1-4-5-8-20(18,19)15-10-13-12-9-11(2)6-7-14(12)17(3)16-13/h6-7,9,15H,4-5,8,10H2,1-3H3. The number of aromatic nitrogens is 2. The summed E-state index contributed by atoms with van der Waals surface area (Å²) < 4.78 is 28.1. The third-order valence-corrected chi connectivity index (χ3v) is 4.72. The predicted octanol–water partition coefficient (Wildman–Crippen LogP) is 2.10. The first-order chi connectivity index (χ1) is 9.43. The summed E-state index contributed by atoms with van der Waals surface area (Å²) in [4.78, 5) is 0. The predicted molar refractivity (Wildman–Crippen MR) is 81.0 cm³/mol. The highest BCUT2D eigenvalue weighted by Crippen LogP contribution is 2.19. The van der Waals surface area contributed by atoms with Gasteiger partial charge in [0.05, 0.1) is 23.5 Å².